The molecule has 1 saturated heterocycles. The highest BCUT2D eigenvalue weighted by molar-refractivity contribution is 5.31. The number of aromatic nitrogens is 2. The summed E-state index contributed by atoms with van der Waals surface area (Å²) in [4.78, 5) is 2.36. The molecule has 1 aromatic carbocycles. The first-order valence-corrected chi connectivity index (χ1v) is 9.07. The molecule has 0 spiro atoms. The van der Waals surface area contributed by atoms with Crippen molar-refractivity contribution < 1.29 is 9.84 Å². The molecule has 25 heavy (non-hydrogen) atoms. The number of nitrogens with zero attached hydrogens (tertiary/aromatic N) is 3. The summed E-state index contributed by atoms with van der Waals surface area (Å²) in [5, 5.41) is 15.9. The Labute approximate surface area is 150 Å². The zero-order chi connectivity index (χ0) is 18.0. The predicted molar refractivity (Wildman–Crippen MR) is 98.6 cm³/mol. The number of benzene rings is 1. The lowest BCUT2D eigenvalue weighted by atomic mass is 9.86. The fourth-order valence-corrected chi connectivity index (χ4v) is 3.73. The molecule has 2 heterocycles. The van der Waals surface area contributed by atoms with Crippen LogP contribution < -0.4 is 4.74 Å². The maximum absolute atomic E-state index is 11.3. The molecule has 3 rings (SSSR count). The van der Waals surface area contributed by atoms with E-state index in [1.807, 2.05) is 42.1 Å². The molecule has 0 amide bonds. The quantitative estimate of drug-likeness (QED) is 0.874. The molecule has 1 aromatic heterocycles. The zero-order valence-corrected chi connectivity index (χ0v) is 15.6. The van der Waals surface area contributed by atoms with Crippen LogP contribution in [0.3, 0.4) is 0 Å². The topological polar surface area (TPSA) is 50.5 Å². The first-order chi connectivity index (χ1) is 11.9. The van der Waals surface area contributed by atoms with Gasteiger partial charge in [0.1, 0.15) is 11.4 Å². The lowest BCUT2D eigenvalue weighted by molar-refractivity contribution is -0.0258. The Morgan fingerprint density at radius 2 is 2.00 bits per heavy atom. The van der Waals surface area contributed by atoms with Crippen LogP contribution in [0, 0.1) is 0 Å². The number of methoxy groups -OCH3 is 1. The van der Waals surface area contributed by atoms with Gasteiger partial charge in [-0.05, 0) is 63.9 Å². The highest BCUT2D eigenvalue weighted by Crippen LogP contribution is 2.36. The van der Waals surface area contributed by atoms with Crippen molar-refractivity contribution in [2.24, 2.45) is 0 Å². The first-order valence-electron chi connectivity index (χ1n) is 9.07. The second kappa shape index (κ2) is 7.18. The highest BCUT2D eigenvalue weighted by atomic mass is 16.5. The fraction of sp³-hybridized carbons (Fsp3) is 0.550. The maximum atomic E-state index is 11.3. The normalized spacial score (nSPS) is 20.8. The molecule has 136 valence electrons. The van der Waals surface area contributed by atoms with Crippen LogP contribution >= 0.6 is 0 Å². The lowest BCUT2D eigenvalue weighted by Crippen LogP contribution is -2.45. The smallest absolute Gasteiger partial charge is 0.118 e. The van der Waals surface area contributed by atoms with E-state index in [0.717, 1.165) is 42.9 Å². The van der Waals surface area contributed by atoms with E-state index in [0.29, 0.717) is 6.04 Å². The number of hydrogen-bond acceptors (Lipinski definition) is 4. The molecule has 1 aliphatic heterocycles. The van der Waals surface area contributed by atoms with Crippen LogP contribution in [0.15, 0.2) is 36.5 Å². The third kappa shape index (κ3) is 3.72. The van der Waals surface area contributed by atoms with Gasteiger partial charge in [0.15, 0.2) is 0 Å². The van der Waals surface area contributed by atoms with Crippen molar-refractivity contribution in [3.05, 3.63) is 47.8 Å². The Balaban J connectivity index is 1.76. The van der Waals surface area contributed by atoms with Crippen molar-refractivity contribution in [1.82, 2.24) is 14.7 Å². The van der Waals surface area contributed by atoms with E-state index in [2.05, 4.69) is 29.9 Å². The van der Waals surface area contributed by atoms with Crippen LogP contribution in [-0.4, -0.2) is 39.5 Å². The van der Waals surface area contributed by atoms with E-state index in [1.165, 1.54) is 0 Å². The van der Waals surface area contributed by atoms with Gasteiger partial charge in [0.25, 0.3) is 0 Å². The number of rotatable bonds is 6. The summed E-state index contributed by atoms with van der Waals surface area (Å²) in [5.41, 5.74) is 1.09. The molecule has 0 aliphatic carbocycles. The minimum absolute atomic E-state index is 0.0881. The van der Waals surface area contributed by atoms with E-state index >= 15 is 0 Å². The largest absolute Gasteiger partial charge is 0.497 e. The fourth-order valence-electron chi connectivity index (χ4n) is 3.73. The van der Waals surface area contributed by atoms with Gasteiger partial charge in [0, 0.05) is 24.8 Å². The molecule has 0 bridgehead atoms. The zero-order valence-electron chi connectivity index (χ0n) is 15.6. The number of hydrogen-bond donors (Lipinski definition) is 1. The Morgan fingerprint density at radius 1 is 1.28 bits per heavy atom. The SMILES string of the molecule is COc1ccc([C@](C)(O)[C@@H]2CCCN2Cc2ccn(C(C)C)n2)cc1. The number of ether oxygens (including phenoxy) is 1. The molecule has 2 atom stereocenters. The summed E-state index contributed by atoms with van der Waals surface area (Å²) < 4.78 is 7.21. The Bertz CT molecular complexity index is 691. The van der Waals surface area contributed by atoms with Crippen molar-refractivity contribution in [3.8, 4) is 5.75 Å². The lowest BCUT2D eigenvalue weighted by Gasteiger charge is -2.36. The number of likely N-dealkylation sites (tertiary alicyclic amines) is 1. The Hall–Kier alpha value is -1.85. The molecule has 5 nitrogen and oxygen atoms in total. The van der Waals surface area contributed by atoms with Gasteiger partial charge in [-0.25, -0.2) is 0 Å². The highest BCUT2D eigenvalue weighted by Gasteiger charge is 2.40. The van der Waals surface area contributed by atoms with Crippen molar-refractivity contribution in [1.29, 1.82) is 0 Å². The van der Waals surface area contributed by atoms with Crippen molar-refractivity contribution in [2.45, 2.75) is 57.8 Å². The molecule has 0 radical (unpaired) electrons. The summed E-state index contributed by atoms with van der Waals surface area (Å²) >= 11 is 0. The van der Waals surface area contributed by atoms with E-state index < -0.39 is 5.60 Å². The molecule has 0 unspecified atom stereocenters. The van der Waals surface area contributed by atoms with E-state index in [1.54, 1.807) is 7.11 Å². The summed E-state index contributed by atoms with van der Waals surface area (Å²) in [6.07, 6.45) is 4.12. The van der Waals surface area contributed by atoms with Crippen LogP contribution in [0.25, 0.3) is 0 Å². The molecule has 1 fully saturated rings. The van der Waals surface area contributed by atoms with Crippen LogP contribution in [0.4, 0.5) is 0 Å². The van der Waals surface area contributed by atoms with Gasteiger partial charge in [-0.15, -0.1) is 0 Å². The number of aliphatic hydroxyl groups is 1. The van der Waals surface area contributed by atoms with Gasteiger partial charge in [0.05, 0.1) is 12.8 Å². The van der Waals surface area contributed by atoms with Gasteiger partial charge in [-0.3, -0.25) is 9.58 Å². The average molecular weight is 343 g/mol. The molecule has 1 N–H and O–H groups in total. The van der Waals surface area contributed by atoms with Gasteiger partial charge in [0.2, 0.25) is 0 Å². The van der Waals surface area contributed by atoms with Gasteiger partial charge in [-0.1, -0.05) is 12.1 Å². The van der Waals surface area contributed by atoms with E-state index in [-0.39, 0.29) is 6.04 Å². The van der Waals surface area contributed by atoms with Crippen molar-refractivity contribution >= 4 is 0 Å². The van der Waals surface area contributed by atoms with Crippen LogP contribution in [0.2, 0.25) is 0 Å². The molecule has 0 saturated carbocycles. The minimum Gasteiger partial charge on any atom is -0.497 e. The third-order valence-electron chi connectivity index (χ3n) is 5.24. The van der Waals surface area contributed by atoms with Crippen LogP contribution in [-0.2, 0) is 12.1 Å². The molecule has 5 heteroatoms. The van der Waals surface area contributed by atoms with E-state index in [4.69, 9.17) is 4.74 Å². The Morgan fingerprint density at radius 3 is 2.60 bits per heavy atom. The predicted octanol–water partition coefficient (Wildman–Crippen LogP) is 3.34. The second-order valence-corrected chi connectivity index (χ2v) is 7.39. The minimum atomic E-state index is -0.899. The van der Waals surface area contributed by atoms with Gasteiger partial charge < -0.3 is 9.84 Å². The van der Waals surface area contributed by atoms with Crippen molar-refractivity contribution in [3.63, 3.8) is 0 Å². The third-order valence-corrected chi connectivity index (χ3v) is 5.24. The standard InChI is InChI=1S/C20H29N3O2/c1-15(2)23-13-11-17(21-23)14-22-12-5-6-19(22)20(3,24)16-7-9-18(25-4)10-8-16/h7-11,13,15,19,24H,5-6,12,14H2,1-4H3/t19-,20-/m0/s1. The van der Waals surface area contributed by atoms with Gasteiger partial charge in [-0.2, -0.15) is 5.10 Å². The molecular formula is C20H29N3O2. The molecule has 2 aromatic rings. The summed E-state index contributed by atoms with van der Waals surface area (Å²) in [5.74, 6) is 0.807. The Kier molecular flexibility index (Phi) is 5.16. The average Bonchev–Trinajstić information content (AvgIpc) is 3.25. The molecular weight excluding hydrogens is 314 g/mol. The van der Waals surface area contributed by atoms with Crippen molar-refractivity contribution in [2.75, 3.05) is 13.7 Å². The first kappa shape index (κ1) is 18.0. The summed E-state index contributed by atoms with van der Waals surface area (Å²) in [7, 11) is 1.65. The molecule has 1 aliphatic rings. The van der Waals surface area contributed by atoms with Crippen LogP contribution in [0.5, 0.6) is 5.75 Å². The van der Waals surface area contributed by atoms with Gasteiger partial charge >= 0.3 is 0 Å². The van der Waals surface area contributed by atoms with Crippen LogP contribution in [0.1, 0.15) is 50.9 Å². The summed E-state index contributed by atoms with van der Waals surface area (Å²) in [6.45, 7) is 7.94. The second-order valence-electron chi connectivity index (χ2n) is 7.39. The van der Waals surface area contributed by atoms with E-state index in [9.17, 15) is 5.11 Å². The summed E-state index contributed by atoms with van der Waals surface area (Å²) in [6, 6.07) is 10.3. The maximum Gasteiger partial charge on any atom is 0.118 e. The monoisotopic (exact) mass is 343 g/mol.